The lowest BCUT2D eigenvalue weighted by molar-refractivity contribution is 0.101. The number of hydrogen-bond donors (Lipinski definition) is 1. The number of nitrogens with zero attached hydrogens (tertiary/aromatic N) is 2. The van der Waals surface area contributed by atoms with Gasteiger partial charge in [-0.3, -0.25) is 9.48 Å². The maximum absolute atomic E-state index is 12.3. The second kappa shape index (κ2) is 7.34. The summed E-state index contributed by atoms with van der Waals surface area (Å²) < 4.78 is 1.57. The number of amides is 1. The van der Waals surface area contributed by atoms with Gasteiger partial charge in [0.05, 0.1) is 0 Å². The van der Waals surface area contributed by atoms with Crippen molar-refractivity contribution in [2.75, 3.05) is 5.32 Å². The summed E-state index contributed by atoms with van der Waals surface area (Å²) in [6.45, 7) is 4.17. The van der Waals surface area contributed by atoms with E-state index in [1.165, 1.54) is 16.7 Å². The van der Waals surface area contributed by atoms with Gasteiger partial charge in [-0.1, -0.05) is 36.4 Å². The molecule has 4 heteroatoms. The lowest BCUT2D eigenvalue weighted by atomic mass is 9.99. The predicted octanol–water partition coefficient (Wildman–Crippen LogP) is 4.07. The van der Waals surface area contributed by atoms with E-state index in [0.29, 0.717) is 5.69 Å². The number of rotatable bonds is 5. The van der Waals surface area contributed by atoms with Crippen LogP contribution < -0.4 is 5.32 Å². The lowest BCUT2D eigenvalue weighted by Crippen LogP contribution is -2.16. The Morgan fingerprint density at radius 3 is 2.52 bits per heavy atom. The van der Waals surface area contributed by atoms with Crippen LogP contribution in [0.5, 0.6) is 0 Å². The number of hydrogen-bond acceptors (Lipinski definition) is 2. The van der Waals surface area contributed by atoms with Gasteiger partial charge in [0, 0.05) is 18.9 Å². The van der Waals surface area contributed by atoms with Gasteiger partial charge in [-0.25, -0.2) is 0 Å². The van der Waals surface area contributed by atoms with Gasteiger partial charge >= 0.3 is 0 Å². The molecule has 0 aliphatic carbocycles. The van der Waals surface area contributed by atoms with Crippen LogP contribution in [0.25, 0.3) is 0 Å². The maximum Gasteiger partial charge on any atom is 0.273 e. The Balaban J connectivity index is 1.68. The molecule has 2 aromatic carbocycles. The van der Waals surface area contributed by atoms with Crippen LogP contribution in [-0.4, -0.2) is 15.7 Å². The largest absolute Gasteiger partial charge is 0.320 e. The predicted molar refractivity (Wildman–Crippen MR) is 101 cm³/mol. The van der Waals surface area contributed by atoms with Gasteiger partial charge in [0.1, 0.15) is 5.69 Å². The molecule has 0 aliphatic heterocycles. The molecule has 0 radical (unpaired) electrons. The monoisotopic (exact) mass is 333 g/mol. The number of aromatic nitrogens is 2. The molecule has 128 valence electrons. The van der Waals surface area contributed by atoms with Gasteiger partial charge in [-0.2, -0.15) is 5.10 Å². The Kier molecular flexibility index (Phi) is 4.98. The van der Waals surface area contributed by atoms with Crippen LogP contribution in [0, 0.1) is 13.8 Å². The minimum absolute atomic E-state index is 0.143. The van der Waals surface area contributed by atoms with Crippen LogP contribution >= 0.6 is 0 Å². The van der Waals surface area contributed by atoms with E-state index < -0.39 is 0 Å². The first-order chi connectivity index (χ1) is 12.0. The number of aryl methyl sites for hydroxylation is 5. The first-order valence-electron chi connectivity index (χ1n) is 8.48. The van der Waals surface area contributed by atoms with Gasteiger partial charge in [-0.15, -0.1) is 0 Å². The average Bonchev–Trinajstić information content (AvgIpc) is 3.02. The van der Waals surface area contributed by atoms with Crippen molar-refractivity contribution in [3.8, 4) is 0 Å². The van der Waals surface area contributed by atoms with Crippen molar-refractivity contribution in [1.82, 2.24) is 9.78 Å². The van der Waals surface area contributed by atoms with Crippen molar-refractivity contribution in [1.29, 1.82) is 0 Å². The molecule has 3 aromatic rings. The van der Waals surface area contributed by atoms with Crippen molar-refractivity contribution in [3.05, 3.63) is 82.7 Å². The Morgan fingerprint density at radius 1 is 1.04 bits per heavy atom. The third-order valence-electron chi connectivity index (χ3n) is 4.54. The van der Waals surface area contributed by atoms with Crippen molar-refractivity contribution in [2.45, 2.75) is 26.7 Å². The van der Waals surface area contributed by atoms with E-state index in [-0.39, 0.29) is 5.91 Å². The van der Waals surface area contributed by atoms with Gasteiger partial charge in [0.25, 0.3) is 5.91 Å². The van der Waals surface area contributed by atoms with Crippen molar-refractivity contribution in [3.63, 3.8) is 0 Å². The third-order valence-corrected chi connectivity index (χ3v) is 4.54. The van der Waals surface area contributed by atoms with E-state index >= 15 is 0 Å². The molecular formula is C21H23N3O. The normalized spacial score (nSPS) is 10.7. The second-order valence-corrected chi connectivity index (χ2v) is 6.37. The molecule has 1 N–H and O–H groups in total. The molecule has 1 amide bonds. The lowest BCUT2D eigenvalue weighted by Gasteiger charge is -2.11. The molecule has 0 saturated carbocycles. The average molecular weight is 333 g/mol. The first-order valence-corrected chi connectivity index (χ1v) is 8.48. The fraction of sp³-hybridized carbons (Fsp3) is 0.238. The van der Waals surface area contributed by atoms with Crippen LogP contribution in [0.3, 0.4) is 0 Å². The highest BCUT2D eigenvalue weighted by Crippen LogP contribution is 2.19. The summed E-state index contributed by atoms with van der Waals surface area (Å²) in [6, 6.07) is 16.4. The molecule has 25 heavy (non-hydrogen) atoms. The Hall–Kier alpha value is -2.88. The van der Waals surface area contributed by atoms with Crippen LogP contribution in [-0.2, 0) is 19.9 Å². The molecule has 0 aliphatic rings. The van der Waals surface area contributed by atoms with E-state index in [2.05, 4.69) is 53.7 Å². The first kappa shape index (κ1) is 17.0. The topological polar surface area (TPSA) is 46.9 Å². The van der Waals surface area contributed by atoms with E-state index in [0.717, 1.165) is 24.1 Å². The number of nitrogens with one attached hydrogen (secondary N) is 1. The molecule has 0 unspecified atom stereocenters. The summed E-state index contributed by atoms with van der Waals surface area (Å²) in [7, 11) is 1.76. The van der Waals surface area contributed by atoms with Crippen LogP contribution in [0.4, 0.5) is 5.69 Å². The Morgan fingerprint density at radius 2 is 1.84 bits per heavy atom. The molecule has 0 bridgehead atoms. The van der Waals surface area contributed by atoms with E-state index in [1.807, 2.05) is 13.0 Å². The summed E-state index contributed by atoms with van der Waals surface area (Å²) in [4.78, 5) is 12.3. The van der Waals surface area contributed by atoms with E-state index in [4.69, 9.17) is 0 Å². The molecule has 0 spiro atoms. The van der Waals surface area contributed by atoms with Crippen LogP contribution in [0.1, 0.15) is 32.7 Å². The number of carbonyl (C=O) groups is 1. The zero-order chi connectivity index (χ0) is 17.8. The van der Waals surface area contributed by atoms with Gasteiger partial charge in [0.2, 0.25) is 0 Å². The van der Waals surface area contributed by atoms with E-state index in [1.54, 1.807) is 24.0 Å². The standard InChI is InChI=1S/C21H23N3O/c1-15-6-4-5-7-18(15)10-8-17-9-11-19(16(2)14-17)23-21(25)20-12-13-22-24(20)3/h4-7,9,11-14H,8,10H2,1-3H3,(H,23,25). The molecule has 0 saturated heterocycles. The highest BCUT2D eigenvalue weighted by molar-refractivity contribution is 6.03. The minimum Gasteiger partial charge on any atom is -0.320 e. The molecule has 3 rings (SSSR count). The van der Waals surface area contributed by atoms with Gasteiger partial charge < -0.3 is 5.32 Å². The summed E-state index contributed by atoms with van der Waals surface area (Å²) in [5.41, 5.74) is 6.44. The Labute approximate surface area is 148 Å². The summed E-state index contributed by atoms with van der Waals surface area (Å²) in [5.74, 6) is -0.143. The summed E-state index contributed by atoms with van der Waals surface area (Å²) in [6.07, 6.45) is 3.63. The second-order valence-electron chi connectivity index (χ2n) is 6.37. The van der Waals surface area contributed by atoms with Crippen LogP contribution in [0.2, 0.25) is 0 Å². The van der Waals surface area contributed by atoms with Crippen LogP contribution in [0.15, 0.2) is 54.7 Å². The highest BCUT2D eigenvalue weighted by Gasteiger charge is 2.11. The summed E-state index contributed by atoms with van der Waals surface area (Å²) >= 11 is 0. The minimum atomic E-state index is -0.143. The highest BCUT2D eigenvalue weighted by atomic mass is 16.2. The molecular weight excluding hydrogens is 310 g/mol. The van der Waals surface area contributed by atoms with Crippen molar-refractivity contribution in [2.24, 2.45) is 7.05 Å². The third kappa shape index (κ3) is 3.97. The zero-order valence-corrected chi connectivity index (χ0v) is 14.9. The fourth-order valence-corrected chi connectivity index (χ4v) is 2.97. The van der Waals surface area contributed by atoms with Gasteiger partial charge in [-0.05, 0) is 61.1 Å². The molecule has 4 nitrogen and oxygen atoms in total. The number of carbonyl (C=O) groups excluding carboxylic acids is 1. The Bertz CT molecular complexity index is 896. The zero-order valence-electron chi connectivity index (χ0n) is 14.9. The number of benzene rings is 2. The fourth-order valence-electron chi connectivity index (χ4n) is 2.97. The molecule has 0 fully saturated rings. The maximum atomic E-state index is 12.3. The van der Waals surface area contributed by atoms with Crippen molar-refractivity contribution < 1.29 is 4.79 Å². The smallest absolute Gasteiger partial charge is 0.273 e. The quantitative estimate of drug-likeness (QED) is 0.765. The SMILES string of the molecule is Cc1ccccc1CCc1ccc(NC(=O)c2ccnn2C)c(C)c1. The van der Waals surface area contributed by atoms with Gasteiger partial charge in [0.15, 0.2) is 0 Å². The van der Waals surface area contributed by atoms with E-state index in [9.17, 15) is 4.79 Å². The number of anilines is 1. The molecule has 1 heterocycles. The molecule has 0 atom stereocenters. The molecule has 1 aromatic heterocycles. The summed E-state index contributed by atoms with van der Waals surface area (Å²) in [5, 5.41) is 7.00. The van der Waals surface area contributed by atoms with Crippen molar-refractivity contribution >= 4 is 11.6 Å².